The molecule has 1 saturated heterocycles. The molecule has 2 N–H and O–H groups in total. The second-order valence-corrected chi connectivity index (χ2v) is 4.88. The zero-order valence-corrected chi connectivity index (χ0v) is 11.5. The minimum atomic E-state index is -0.634. The van der Waals surface area contributed by atoms with Gasteiger partial charge in [0.25, 0.3) is 0 Å². The number of likely N-dealkylation sites (N-methyl/N-ethyl adjacent to an activating group) is 1. The van der Waals surface area contributed by atoms with Crippen molar-refractivity contribution in [2.24, 2.45) is 0 Å². The first-order valence-electron chi connectivity index (χ1n) is 6.80. The highest BCUT2D eigenvalue weighted by atomic mass is 19.1. The molecule has 1 aromatic carbocycles. The number of carbonyl (C=O) groups is 1. The molecule has 20 heavy (non-hydrogen) atoms. The Morgan fingerprint density at radius 3 is 2.95 bits per heavy atom. The van der Waals surface area contributed by atoms with Crippen molar-refractivity contribution in [1.29, 1.82) is 0 Å². The first-order valence-corrected chi connectivity index (χ1v) is 6.80. The molecule has 0 saturated carbocycles. The maximum Gasteiger partial charge on any atom is 0.238 e. The molecule has 6 heteroatoms. The van der Waals surface area contributed by atoms with Gasteiger partial charge in [-0.3, -0.25) is 9.69 Å². The van der Waals surface area contributed by atoms with Gasteiger partial charge in [0.1, 0.15) is 11.6 Å². The van der Waals surface area contributed by atoms with Crippen molar-refractivity contribution >= 4 is 11.6 Å². The van der Waals surface area contributed by atoms with Crippen molar-refractivity contribution < 1.29 is 13.6 Å². The number of carbonyl (C=O) groups excluding carboxylic acids is 1. The molecule has 1 aliphatic heterocycles. The van der Waals surface area contributed by atoms with Crippen LogP contribution in [0.25, 0.3) is 0 Å². The predicted molar refractivity (Wildman–Crippen MR) is 73.5 cm³/mol. The average Bonchev–Trinajstić information content (AvgIpc) is 2.94. The molecule has 0 aliphatic carbocycles. The van der Waals surface area contributed by atoms with Crippen LogP contribution in [-0.4, -0.2) is 43.0 Å². The maximum absolute atomic E-state index is 13.4. The Morgan fingerprint density at radius 1 is 1.50 bits per heavy atom. The van der Waals surface area contributed by atoms with E-state index in [0.717, 1.165) is 44.3 Å². The van der Waals surface area contributed by atoms with Gasteiger partial charge in [-0.25, -0.2) is 8.78 Å². The highest BCUT2D eigenvalue weighted by Gasteiger charge is 2.23. The second-order valence-electron chi connectivity index (χ2n) is 4.88. The molecule has 1 heterocycles. The molecule has 0 radical (unpaired) electrons. The number of benzene rings is 1. The number of anilines is 1. The van der Waals surface area contributed by atoms with Crippen molar-refractivity contribution in [2.45, 2.75) is 19.4 Å². The van der Waals surface area contributed by atoms with Crippen LogP contribution in [0, 0.1) is 11.6 Å². The van der Waals surface area contributed by atoms with Crippen molar-refractivity contribution in [3.05, 3.63) is 29.8 Å². The summed E-state index contributed by atoms with van der Waals surface area (Å²) in [6, 6.07) is 3.33. The van der Waals surface area contributed by atoms with E-state index >= 15 is 0 Å². The first kappa shape index (κ1) is 14.9. The van der Waals surface area contributed by atoms with Crippen LogP contribution in [0.2, 0.25) is 0 Å². The quantitative estimate of drug-likeness (QED) is 0.862. The smallest absolute Gasteiger partial charge is 0.238 e. The minimum absolute atomic E-state index is 0.115. The highest BCUT2D eigenvalue weighted by molar-refractivity contribution is 5.92. The van der Waals surface area contributed by atoms with Gasteiger partial charge in [-0.05, 0) is 31.6 Å². The molecule has 1 aliphatic rings. The largest absolute Gasteiger partial charge is 0.322 e. The summed E-state index contributed by atoms with van der Waals surface area (Å²) in [6.07, 6.45) is 0.995. The Kier molecular flexibility index (Phi) is 5.03. The highest BCUT2D eigenvalue weighted by Crippen LogP contribution is 2.15. The topological polar surface area (TPSA) is 44.4 Å². The lowest BCUT2D eigenvalue weighted by molar-refractivity contribution is -0.117. The number of halogens is 2. The Hall–Kier alpha value is -1.53. The third-order valence-corrected chi connectivity index (χ3v) is 3.51. The molecule has 0 spiro atoms. The Bertz CT molecular complexity index is 475. The molecule has 110 valence electrons. The van der Waals surface area contributed by atoms with E-state index < -0.39 is 11.6 Å². The lowest BCUT2D eigenvalue weighted by Gasteiger charge is -2.26. The molecule has 1 aromatic rings. The van der Waals surface area contributed by atoms with Gasteiger partial charge in [0.15, 0.2) is 0 Å². The van der Waals surface area contributed by atoms with Gasteiger partial charge in [-0.2, -0.15) is 0 Å². The Morgan fingerprint density at radius 2 is 2.30 bits per heavy atom. The number of rotatable bonds is 5. The van der Waals surface area contributed by atoms with Crippen LogP contribution in [0.5, 0.6) is 0 Å². The van der Waals surface area contributed by atoms with Crippen LogP contribution in [0.1, 0.15) is 13.3 Å². The van der Waals surface area contributed by atoms with E-state index in [1.807, 2.05) is 11.8 Å². The van der Waals surface area contributed by atoms with E-state index in [-0.39, 0.29) is 18.1 Å². The zero-order valence-electron chi connectivity index (χ0n) is 11.5. The van der Waals surface area contributed by atoms with Crippen molar-refractivity contribution in [3.63, 3.8) is 0 Å². The number of nitrogens with zero attached hydrogens (tertiary/aromatic N) is 1. The summed E-state index contributed by atoms with van der Waals surface area (Å²) in [5.41, 5.74) is -0.115. The number of hydrogen-bond acceptors (Lipinski definition) is 3. The van der Waals surface area contributed by atoms with E-state index in [0.29, 0.717) is 6.04 Å². The summed E-state index contributed by atoms with van der Waals surface area (Å²) in [5.74, 6) is -1.54. The maximum atomic E-state index is 13.4. The van der Waals surface area contributed by atoms with Crippen LogP contribution in [0.4, 0.5) is 14.5 Å². The third kappa shape index (κ3) is 3.74. The van der Waals surface area contributed by atoms with E-state index in [2.05, 4.69) is 10.6 Å². The van der Waals surface area contributed by atoms with Crippen molar-refractivity contribution in [2.75, 3.05) is 31.5 Å². The standard InChI is InChI=1S/C14H19F2N3O/c1-2-19(11-5-6-17-8-11)9-14(20)18-13-7-10(15)3-4-12(13)16/h3-4,7,11,17H,2,5-6,8-9H2,1H3,(H,18,20). The molecule has 1 amide bonds. The van der Waals surface area contributed by atoms with Crippen LogP contribution in [0.15, 0.2) is 18.2 Å². The van der Waals surface area contributed by atoms with Gasteiger partial charge in [0.2, 0.25) is 5.91 Å². The minimum Gasteiger partial charge on any atom is -0.322 e. The van der Waals surface area contributed by atoms with Crippen LogP contribution in [-0.2, 0) is 4.79 Å². The fraction of sp³-hybridized carbons (Fsp3) is 0.500. The summed E-state index contributed by atoms with van der Waals surface area (Å²) in [5, 5.41) is 5.67. The van der Waals surface area contributed by atoms with Crippen molar-refractivity contribution in [3.8, 4) is 0 Å². The van der Waals surface area contributed by atoms with E-state index in [1.54, 1.807) is 0 Å². The van der Waals surface area contributed by atoms with Crippen LogP contribution in [0.3, 0.4) is 0 Å². The second kappa shape index (κ2) is 6.76. The lowest BCUT2D eigenvalue weighted by atomic mass is 10.2. The van der Waals surface area contributed by atoms with Gasteiger partial charge in [0, 0.05) is 18.7 Å². The number of amides is 1. The van der Waals surface area contributed by atoms with Gasteiger partial charge < -0.3 is 10.6 Å². The normalized spacial score (nSPS) is 18.5. The predicted octanol–water partition coefficient (Wildman–Crippen LogP) is 1.59. The lowest BCUT2D eigenvalue weighted by Crippen LogP contribution is -2.41. The molecule has 4 nitrogen and oxygen atoms in total. The van der Waals surface area contributed by atoms with Gasteiger partial charge in [-0.15, -0.1) is 0 Å². The fourth-order valence-corrected chi connectivity index (χ4v) is 2.42. The van der Waals surface area contributed by atoms with Gasteiger partial charge in [-0.1, -0.05) is 6.92 Å². The van der Waals surface area contributed by atoms with Gasteiger partial charge >= 0.3 is 0 Å². The molecule has 0 aromatic heterocycles. The summed E-state index contributed by atoms with van der Waals surface area (Å²) >= 11 is 0. The van der Waals surface area contributed by atoms with E-state index in [9.17, 15) is 13.6 Å². The molecular weight excluding hydrogens is 264 g/mol. The number of nitrogens with one attached hydrogen (secondary N) is 2. The molecule has 2 rings (SSSR count). The van der Waals surface area contributed by atoms with Gasteiger partial charge in [0.05, 0.1) is 12.2 Å². The summed E-state index contributed by atoms with van der Waals surface area (Å²) < 4.78 is 26.5. The molecule has 0 bridgehead atoms. The Labute approximate surface area is 117 Å². The summed E-state index contributed by atoms with van der Waals surface area (Å²) in [7, 11) is 0. The molecule has 1 fully saturated rings. The van der Waals surface area contributed by atoms with E-state index in [4.69, 9.17) is 0 Å². The number of hydrogen-bond donors (Lipinski definition) is 2. The van der Waals surface area contributed by atoms with E-state index in [1.165, 1.54) is 0 Å². The fourth-order valence-electron chi connectivity index (χ4n) is 2.42. The SMILES string of the molecule is CCN(CC(=O)Nc1cc(F)ccc1F)C1CCNC1. The molecule has 1 atom stereocenters. The molecular formula is C14H19F2N3O. The Balaban J connectivity index is 1.95. The average molecular weight is 283 g/mol. The molecule has 1 unspecified atom stereocenters. The zero-order chi connectivity index (χ0) is 14.5. The van der Waals surface area contributed by atoms with Crippen LogP contribution < -0.4 is 10.6 Å². The summed E-state index contributed by atoms with van der Waals surface area (Å²) in [4.78, 5) is 14.0. The van der Waals surface area contributed by atoms with Crippen molar-refractivity contribution in [1.82, 2.24) is 10.2 Å². The third-order valence-electron chi connectivity index (χ3n) is 3.51. The summed E-state index contributed by atoms with van der Waals surface area (Å²) in [6.45, 7) is 4.70. The van der Waals surface area contributed by atoms with Crippen LogP contribution >= 0.6 is 0 Å². The first-order chi connectivity index (χ1) is 9.60. The monoisotopic (exact) mass is 283 g/mol.